The van der Waals surface area contributed by atoms with Crippen LogP contribution < -0.4 is 5.73 Å². The molecule has 0 aliphatic heterocycles. The Morgan fingerprint density at radius 2 is 2.00 bits per heavy atom. The highest BCUT2D eigenvalue weighted by molar-refractivity contribution is 5.97. The van der Waals surface area contributed by atoms with Crippen molar-refractivity contribution in [2.75, 3.05) is 39.5 Å². The summed E-state index contributed by atoms with van der Waals surface area (Å²) < 4.78 is 0. The van der Waals surface area contributed by atoms with Crippen LogP contribution in [0.2, 0.25) is 0 Å². The van der Waals surface area contributed by atoms with Crippen molar-refractivity contribution in [3.8, 4) is 0 Å². The number of nitrogens with two attached hydrogens (primary N) is 1. The number of hydrogen-bond acceptors (Lipinski definition) is 5. The molecule has 0 bridgehead atoms. The van der Waals surface area contributed by atoms with Gasteiger partial charge < -0.3 is 15.5 Å². The fraction of sp³-hybridized carbons (Fsp3) is 0.688. The zero-order valence-electron chi connectivity index (χ0n) is 13.7. The summed E-state index contributed by atoms with van der Waals surface area (Å²) in [5, 5.41) is 0. The van der Waals surface area contributed by atoms with Crippen molar-refractivity contribution in [2.45, 2.75) is 32.1 Å². The molecule has 2 N–H and O–H groups in total. The molecule has 2 rings (SSSR count). The highest BCUT2D eigenvalue weighted by atomic mass is 16.2. The molecule has 0 spiro atoms. The molecule has 0 atom stereocenters. The normalized spacial score (nSPS) is 16.0. The molecule has 1 aromatic heterocycles. The molecule has 1 aliphatic carbocycles. The fourth-order valence-corrected chi connectivity index (χ4v) is 2.95. The average Bonchev–Trinajstić information content (AvgIpc) is 2.52. The van der Waals surface area contributed by atoms with Crippen molar-refractivity contribution in [3.05, 3.63) is 18.1 Å². The SMILES string of the molecule is CN(C)CCN(CC1CCCCC1)C(=O)c1cncnc1N. The highest BCUT2D eigenvalue weighted by Crippen LogP contribution is 2.25. The second-order valence-corrected chi connectivity index (χ2v) is 6.38. The number of anilines is 1. The molecule has 0 saturated heterocycles. The Morgan fingerprint density at radius 1 is 1.27 bits per heavy atom. The van der Waals surface area contributed by atoms with Gasteiger partial charge >= 0.3 is 0 Å². The van der Waals surface area contributed by atoms with E-state index < -0.39 is 0 Å². The number of nitrogen functional groups attached to an aromatic ring is 1. The summed E-state index contributed by atoms with van der Waals surface area (Å²) in [5.74, 6) is 0.815. The van der Waals surface area contributed by atoms with Crippen LogP contribution in [0.1, 0.15) is 42.5 Å². The summed E-state index contributed by atoms with van der Waals surface area (Å²) >= 11 is 0. The quantitative estimate of drug-likeness (QED) is 0.865. The Morgan fingerprint density at radius 3 is 2.64 bits per heavy atom. The van der Waals surface area contributed by atoms with E-state index in [1.165, 1.54) is 44.6 Å². The molecular formula is C16H27N5O. The molecular weight excluding hydrogens is 278 g/mol. The summed E-state index contributed by atoms with van der Waals surface area (Å²) in [6.45, 7) is 2.35. The molecule has 1 amide bonds. The van der Waals surface area contributed by atoms with Gasteiger partial charge in [-0.1, -0.05) is 19.3 Å². The first-order valence-corrected chi connectivity index (χ1v) is 8.07. The summed E-state index contributed by atoms with van der Waals surface area (Å²) in [6.07, 6.45) is 9.19. The van der Waals surface area contributed by atoms with Crippen molar-refractivity contribution in [1.29, 1.82) is 0 Å². The molecule has 22 heavy (non-hydrogen) atoms. The summed E-state index contributed by atoms with van der Waals surface area (Å²) in [7, 11) is 4.03. The van der Waals surface area contributed by atoms with Gasteiger partial charge in [0.15, 0.2) is 0 Å². The summed E-state index contributed by atoms with van der Waals surface area (Å²) in [6, 6.07) is 0. The number of nitrogens with zero attached hydrogens (tertiary/aromatic N) is 4. The van der Waals surface area contributed by atoms with Gasteiger partial charge in [0.25, 0.3) is 5.91 Å². The van der Waals surface area contributed by atoms with Crippen molar-refractivity contribution in [1.82, 2.24) is 19.8 Å². The number of hydrogen-bond donors (Lipinski definition) is 1. The Labute approximate surface area is 132 Å². The molecule has 0 aromatic carbocycles. The molecule has 0 radical (unpaired) electrons. The first-order chi connectivity index (χ1) is 10.6. The Balaban J connectivity index is 2.08. The lowest BCUT2D eigenvalue weighted by molar-refractivity contribution is 0.0701. The van der Waals surface area contributed by atoms with E-state index in [1.54, 1.807) is 0 Å². The van der Waals surface area contributed by atoms with E-state index in [2.05, 4.69) is 14.9 Å². The maximum atomic E-state index is 12.8. The minimum atomic E-state index is -0.0504. The largest absolute Gasteiger partial charge is 0.383 e. The van der Waals surface area contributed by atoms with Crippen LogP contribution in [0.15, 0.2) is 12.5 Å². The van der Waals surface area contributed by atoms with E-state index in [0.717, 1.165) is 13.1 Å². The zero-order chi connectivity index (χ0) is 15.9. The number of carbonyl (C=O) groups excluding carboxylic acids is 1. The predicted molar refractivity (Wildman–Crippen MR) is 87.5 cm³/mol. The van der Waals surface area contributed by atoms with Gasteiger partial charge in [0.1, 0.15) is 12.1 Å². The van der Waals surface area contributed by atoms with Gasteiger partial charge in [0, 0.05) is 25.8 Å². The van der Waals surface area contributed by atoms with Crippen LogP contribution in [-0.4, -0.2) is 59.4 Å². The van der Waals surface area contributed by atoms with E-state index in [0.29, 0.717) is 18.0 Å². The molecule has 1 aliphatic rings. The highest BCUT2D eigenvalue weighted by Gasteiger charge is 2.23. The van der Waals surface area contributed by atoms with Gasteiger partial charge in [-0.2, -0.15) is 0 Å². The molecule has 6 heteroatoms. The number of rotatable bonds is 6. The Bertz CT molecular complexity index is 485. The van der Waals surface area contributed by atoms with Crippen molar-refractivity contribution in [3.63, 3.8) is 0 Å². The third-order valence-corrected chi connectivity index (χ3v) is 4.28. The zero-order valence-corrected chi connectivity index (χ0v) is 13.7. The van der Waals surface area contributed by atoms with E-state index in [-0.39, 0.29) is 11.7 Å². The molecule has 6 nitrogen and oxygen atoms in total. The lowest BCUT2D eigenvalue weighted by Crippen LogP contribution is -2.40. The summed E-state index contributed by atoms with van der Waals surface area (Å²) in [5.41, 5.74) is 6.25. The predicted octanol–water partition coefficient (Wildman–Crippen LogP) is 1.64. The van der Waals surface area contributed by atoms with Crippen LogP contribution in [-0.2, 0) is 0 Å². The van der Waals surface area contributed by atoms with E-state index in [1.807, 2.05) is 19.0 Å². The molecule has 1 fully saturated rings. The number of amides is 1. The molecule has 122 valence electrons. The molecule has 1 saturated carbocycles. The second-order valence-electron chi connectivity index (χ2n) is 6.38. The van der Waals surface area contributed by atoms with Crippen LogP contribution in [0.4, 0.5) is 5.82 Å². The van der Waals surface area contributed by atoms with Crippen molar-refractivity contribution in [2.24, 2.45) is 5.92 Å². The number of aromatic nitrogens is 2. The first-order valence-electron chi connectivity index (χ1n) is 8.07. The summed E-state index contributed by atoms with van der Waals surface area (Å²) in [4.78, 5) is 24.7. The average molecular weight is 305 g/mol. The van der Waals surface area contributed by atoms with Crippen LogP contribution in [0.25, 0.3) is 0 Å². The minimum Gasteiger partial charge on any atom is -0.383 e. The van der Waals surface area contributed by atoms with Gasteiger partial charge in [0.05, 0.1) is 5.56 Å². The van der Waals surface area contributed by atoms with Gasteiger partial charge in [-0.05, 0) is 32.9 Å². The van der Waals surface area contributed by atoms with Gasteiger partial charge in [-0.25, -0.2) is 9.97 Å². The van der Waals surface area contributed by atoms with Crippen LogP contribution in [0.3, 0.4) is 0 Å². The fourth-order valence-electron chi connectivity index (χ4n) is 2.95. The molecule has 0 unspecified atom stereocenters. The maximum Gasteiger partial charge on any atom is 0.259 e. The van der Waals surface area contributed by atoms with Crippen molar-refractivity contribution >= 4 is 11.7 Å². The molecule has 1 aromatic rings. The number of likely N-dealkylation sites (N-methyl/N-ethyl adjacent to an activating group) is 1. The third kappa shape index (κ3) is 4.66. The second kappa shape index (κ2) is 8.08. The topological polar surface area (TPSA) is 75.3 Å². The molecule has 1 heterocycles. The minimum absolute atomic E-state index is 0.0504. The van der Waals surface area contributed by atoms with E-state index >= 15 is 0 Å². The number of carbonyl (C=O) groups is 1. The van der Waals surface area contributed by atoms with Crippen molar-refractivity contribution < 1.29 is 4.79 Å². The smallest absolute Gasteiger partial charge is 0.259 e. The standard InChI is InChI=1S/C16H27N5O/c1-20(2)8-9-21(11-13-6-4-3-5-7-13)16(22)14-10-18-12-19-15(14)17/h10,12-13H,3-9,11H2,1-2H3,(H2,17,18,19). The first kappa shape index (κ1) is 16.7. The van der Waals surface area contributed by atoms with E-state index in [9.17, 15) is 4.79 Å². The van der Waals surface area contributed by atoms with Gasteiger partial charge in [-0.3, -0.25) is 4.79 Å². The van der Waals surface area contributed by atoms with Gasteiger partial charge in [-0.15, -0.1) is 0 Å². The third-order valence-electron chi connectivity index (χ3n) is 4.28. The van der Waals surface area contributed by atoms with Crippen LogP contribution in [0.5, 0.6) is 0 Å². The van der Waals surface area contributed by atoms with Crippen LogP contribution in [0, 0.1) is 5.92 Å². The van der Waals surface area contributed by atoms with Crippen LogP contribution >= 0.6 is 0 Å². The maximum absolute atomic E-state index is 12.8. The Kier molecular flexibility index (Phi) is 6.12. The monoisotopic (exact) mass is 305 g/mol. The van der Waals surface area contributed by atoms with Gasteiger partial charge in [0.2, 0.25) is 0 Å². The lowest BCUT2D eigenvalue weighted by atomic mass is 9.89. The Hall–Kier alpha value is -1.69. The lowest BCUT2D eigenvalue weighted by Gasteiger charge is -2.30. The van der Waals surface area contributed by atoms with E-state index in [4.69, 9.17) is 5.73 Å².